The molecule has 2 aromatic carbocycles. The van der Waals surface area contributed by atoms with E-state index in [4.69, 9.17) is 10.6 Å². The van der Waals surface area contributed by atoms with Crippen LogP contribution in [0, 0.1) is 0 Å². The first kappa shape index (κ1) is 36.6. The summed E-state index contributed by atoms with van der Waals surface area (Å²) in [5.41, 5.74) is 7.20. The average Bonchev–Trinajstić information content (AvgIpc) is 3.56. The number of aromatic nitrogens is 2. The number of nitrogens with zero attached hydrogens (tertiary/aromatic N) is 4. The molecule has 1 fully saturated rings. The van der Waals surface area contributed by atoms with Gasteiger partial charge in [-0.2, -0.15) is 0 Å². The van der Waals surface area contributed by atoms with Crippen molar-refractivity contribution in [2.45, 2.75) is 37.4 Å². The number of nitrogens with one attached hydrogen (secondary N) is 1. The predicted octanol–water partition coefficient (Wildman–Crippen LogP) is 3.18. The molecule has 4 heterocycles. The van der Waals surface area contributed by atoms with E-state index in [2.05, 4.69) is 15.5 Å². The second kappa shape index (κ2) is 14.8. The van der Waals surface area contributed by atoms with Gasteiger partial charge in [-0.3, -0.25) is 14.5 Å². The van der Waals surface area contributed by atoms with Crippen LogP contribution in [0.15, 0.2) is 94.9 Å². The second-order valence-electron chi connectivity index (χ2n) is 12.5. The van der Waals surface area contributed by atoms with Gasteiger partial charge >= 0.3 is 11.9 Å². The zero-order valence-electron chi connectivity index (χ0n) is 28.2. The maximum Gasteiger partial charge on any atom is 0.352 e. The van der Waals surface area contributed by atoms with E-state index in [1.54, 1.807) is 18.2 Å². The van der Waals surface area contributed by atoms with Gasteiger partial charge in [-0.1, -0.05) is 47.6 Å². The van der Waals surface area contributed by atoms with Crippen molar-refractivity contribution in [3.05, 3.63) is 107 Å². The van der Waals surface area contributed by atoms with Crippen LogP contribution in [-0.2, 0) is 30.6 Å². The number of thiazole rings is 1. The minimum atomic E-state index is -1.78. The lowest BCUT2D eigenvalue weighted by atomic mass is 10.0. The Kier molecular flexibility index (Phi) is 10.2. The first-order valence-corrected chi connectivity index (χ1v) is 17.9. The smallest absolute Gasteiger partial charge is 0.352 e. The number of carboxylic acids is 2. The number of carbonyl (C=O) groups is 4. The number of allylic oxidation sites excluding steroid dienone is 1. The number of rotatable bonds is 12. The summed E-state index contributed by atoms with van der Waals surface area (Å²) in [5.74, 6) is -4.30. The molecule has 15 nitrogen and oxygen atoms in total. The van der Waals surface area contributed by atoms with Gasteiger partial charge in [0.15, 0.2) is 41.3 Å². The van der Waals surface area contributed by atoms with Gasteiger partial charge in [-0.25, -0.2) is 19.1 Å². The molecule has 0 radical (unpaired) electrons. The van der Waals surface area contributed by atoms with Crippen LogP contribution in [0.3, 0.4) is 0 Å². The molecule has 2 atom stereocenters. The first-order chi connectivity index (χ1) is 25.2. The molecular formula is C36H33N6O9S2+. The Balaban J connectivity index is 1.13. The molecule has 7 N–H and O–H groups in total. The minimum Gasteiger partial charge on any atom is -0.504 e. The highest BCUT2D eigenvalue weighted by Crippen LogP contribution is 2.41. The highest BCUT2D eigenvalue weighted by molar-refractivity contribution is 8.00. The minimum absolute atomic E-state index is 0.0122. The van der Waals surface area contributed by atoms with E-state index in [1.165, 1.54) is 43.1 Å². The SMILES string of the molecule is CC(C)(O/N=C(\C(=O)N[C@@H]1C(=O)N2C(C(=O)O)=C(/C=C\c3ccc(C[n+]4cccc(-c5ccc(O)c(O)c5)c4)cc3)CS[C@H]12)c1csc(N)n1)C(=O)O. The summed E-state index contributed by atoms with van der Waals surface area (Å²) in [6.45, 7) is 3.04. The number of thioether (sulfide) groups is 1. The van der Waals surface area contributed by atoms with Crippen LogP contribution in [0.1, 0.15) is 30.7 Å². The molecule has 0 aliphatic carbocycles. The number of anilines is 1. The van der Waals surface area contributed by atoms with E-state index < -0.39 is 46.5 Å². The largest absolute Gasteiger partial charge is 0.504 e. The van der Waals surface area contributed by atoms with Crippen molar-refractivity contribution in [1.29, 1.82) is 0 Å². The van der Waals surface area contributed by atoms with Crippen LogP contribution in [0.2, 0.25) is 0 Å². The van der Waals surface area contributed by atoms with Crippen molar-refractivity contribution in [3.63, 3.8) is 0 Å². The van der Waals surface area contributed by atoms with Crippen molar-refractivity contribution in [3.8, 4) is 22.6 Å². The molecule has 17 heteroatoms. The molecule has 6 rings (SSSR count). The number of hydrogen-bond donors (Lipinski definition) is 6. The summed E-state index contributed by atoms with van der Waals surface area (Å²) < 4.78 is 1.99. The molecule has 272 valence electrons. The summed E-state index contributed by atoms with van der Waals surface area (Å²) in [4.78, 5) is 60.9. The molecule has 53 heavy (non-hydrogen) atoms. The Morgan fingerprint density at radius 2 is 1.85 bits per heavy atom. The Morgan fingerprint density at radius 1 is 1.09 bits per heavy atom. The summed E-state index contributed by atoms with van der Waals surface area (Å²) in [6, 6.07) is 15.0. The van der Waals surface area contributed by atoms with Crippen LogP contribution in [-0.4, -0.2) is 82.5 Å². The molecule has 0 unspecified atom stereocenters. The van der Waals surface area contributed by atoms with E-state index in [1.807, 2.05) is 53.4 Å². The lowest BCUT2D eigenvalue weighted by molar-refractivity contribution is -0.687. The standard InChI is InChI=1S/C36H32N6O9S2/c1-36(2,34(49)50)51-40-27(24-18-53-35(37)38-24)30(45)39-28-31(46)42-29(33(47)48)23(17-52-32(28)42)10-9-19-5-7-20(8-6-19)15-41-13-3-4-22(16-41)21-11-12-25(43)26(44)14-21/h3-14,16,18,28,32H,15,17H2,1-2H3,(H6-,37,38,39,40,43,44,45,47,48,49,50)/p+1/b10-9-/t28-,32-/m1/s1. The van der Waals surface area contributed by atoms with Crippen LogP contribution in [0.25, 0.3) is 17.2 Å². The summed E-state index contributed by atoms with van der Waals surface area (Å²) in [5, 5.41) is 46.2. The molecule has 0 spiro atoms. The molecular weight excluding hydrogens is 725 g/mol. The van der Waals surface area contributed by atoms with E-state index in [0.717, 1.165) is 38.5 Å². The fraction of sp³-hybridized carbons (Fsp3) is 0.194. The number of hydrogen-bond acceptors (Lipinski definition) is 12. The van der Waals surface area contributed by atoms with Gasteiger partial charge in [0.2, 0.25) is 5.60 Å². The number of carboxylic acid groups (broad SMARTS) is 2. The van der Waals surface area contributed by atoms with Crippen molar-refractivity contribution in [2.24, 2.45) is 5.16 Å². The first-order valence-electron chi connectivity index (χ1n) is 15.9. The summed E-state index contributed by atoms with van der Waals surface area (Å²) in [7, 11) is 0. The van der Waals surface area contributed by atoms with Gasteiger partial charge in [0, 0.05) is 28.3 Å². The van der Waals surface area contributed by atoms with E-state index in [0.29, 0.717) is 12.1 Å². The maximum absolute atomic E-state index is 13.3. The number of aliphatic carboxylic acids is 2. The van der Waals surface area contributed by atoms with Gasteiger partial charge in [-0.05, 0) is 48.7 Å². The summed E-state index contributed by atoms with van der Waals surface area (Å²) in [6.07, 6.45) is 7.27. The number of pyridine rings is 1. The molecule has 4 aromatic rings. The molecule has 2 aliphatic heterocycles. The highest BCUT2D eigenvalue weighted by Gasteiger charge is 2.54. The number of phenols is 2. The normalized spacial score (nSPS) is 17.4. The monoisotopic (exact) mass is 757 g/mol. The van der Waals surface area contributed by atoms with Crippen LogP contribution < -0.4 is 15.6 Å². The molecule has 0 bridgehead atoms. The average molecular weight is 758 g/mol. The van der Waals surface area contributed by atoms with E-state index in [9.17, 15) is 39.6 Å². The Hall–Kier alpha value is -6.20. The van der Waals surface area contributed by atoms with Crippen molar-refractivity contribution < 1.29 is 49.0 Å². The number of phenolic OH excluding ortho intramolecular Hbond substituents is 2. The number of amides is 2. The van der Waals surface area contributed by atoms with Crippen LogP contribution >= 0.6 is 23.1 Å². The van der Waals surface area contributed by atoms with Crippen molar-refractivity contribution in [2.75, 3.05) is 11.5 Å². The zero-order chi connectivity index (χ0) is 38.0. The van der Waals surface area contributed by atoms with E-state index in [-0.39, 0.29) is 33.8 Å². The number of nitrogen functional groups attached to an aromatic ring is 1. The van der Waals surface area contributed by atoms with E-state index >= 15 is 0 Å². The second-order valence-corrected chi connectivity index (χ2v) is 14.5. The van der Waals surface area contributed by atoms with Crippen LogP contribution in [0.5, 0.6) is 11.5 Å². The lowest BCUT2D eigenvalue weighted by Gasteiger charge is -2.49. The molecule has 0 saturated carbocycles. The topological polar surface area (TPSA) is 229 Å². The molecule has 2 aromatic heterocycles. The van der Waals surface area contributed by atoms with Gasteiger partial charge in [0.25, 0.3) is 11.8 Å². The van der Waals surface area contributed by atoms with Crippen molar-refractivity contribution >= 4 is 63.8 Å². The number of β-lactam (4-membered cyclic amide) rings is 1. The lowest BCUT2D eigenvalue weighted by Crippen LogP contribution is -2.71. The number of nitrogens with two attached hydrogens (primary N) is 1. The van der Waals surface area contributed by atoms with Gasteiger partial charge in [0.05, 0.1) is 0 Å². The Labute approximate surface area is 310 Å². The fourth-order valence-corrected chi connectivity index (χ4v) is 7.28. The molecule has 2 amide bonds. The molecule has 1 saturated heterocycles. The number of aromatic hydroxyl groups is 2. The number of oxime groups is 1. The predicted molar refractivity (Wildman–Crippen MR) is 196 cm³/mol. The maximum atomic E-state index is 13.3. The fourth-order valence-electron chi connectivity index (χ4n) is 5.42. The van der Waals surface area contributed by atoms with Crippen molar-refractivity contribution in [1.82, 2.24) is 15.2 Å². The Morgan fingerprint density at radius 3 is 2.51 bits per heavy atom. The van der Waals surface area contributed by atoms with Gasteiger partial charge < -0.3 is 36.3 Å². The van der Waals surface area contributed by atoms with Crippen LogP contribution in [0.4, 0.5) is 5.13 Å². The van der Waals surface area contributed by atoms with Gasteiger partial charge in [0.1, 0.15) is 22.8 Å². The number of carbonyl (C=O) groups excluding carboxylic acids is 2. The molecule has 2 aliphatic rings. The zero-order valence-corrected chi connectivity index (χ0v) is 29.8. The number of fused-ring (bicyclic) bond motifs is 1. The summed E-state index contributed by atoms with van der Waals surface area (Å²) >= 11 is 2.29. The Bertz CT molecular complexity index is 2210. The number of benzene rings is 2. The quantitative estimate of drug-likeness (QED) is 0.0403. The highest BCUT2D eigenvalue weighted by atomic mass is 32.2. The third-order valence-electron chi connectivity index (χ3n) is 8.34. The third-order valence-corrected chi connectivity index (χ3v) is 10.3. The van der Waals surface area contributed by atoms with Gasteiger partial charge in [-0.15, -0.1) is 23.1 Å². The third kappa shape index (κ3) is 7.85.